The molecule has 0 atom stereocenters. The van der Waals surface area contributed by atoms with Crippen LogP contribution >= 0.6 is 0 Å². The molecule has 1 N–H and O–H groups in total. The first-order valence-electron chi connectivity index (χ1n) is 10.0. The smallest absolute Gasteiger partial charge is 0.335 e. The predicted octanol–water partition coefficient (Wildman–Crippen LogP) is 6.21. The van der Waals surface area contributed by atoms with Crippen molar-refractivity contribution in [3.8, 4) is 16.9 Å². The van der Waals surface area contributed by atoms with Gasteiger partial charge in [0.05, 0.1) is 5.56 Å². The fraction of sp³-hybridized carbons (Fsp3) is 0.111. The van der Waals surface area contributed by atoms with Gasteiger partial charge in [-0.1, -0.05) is 48.5 Å². The van der Waals surface area contributed by atoms with Crippen LogP contribution in [0.1, 0.15) is 37.4 Å². The Labute approximate surface area is 180 Å². The summed E-state index contributed by atoms with van der Waals surface area (Å²) in [4.78, 5) is 22.7. The second-order valence-corrected chi connectivity index (χ2v) is 7.61. The number of ether oxygens (including phenoxy) is 1. The van der Waals surface area contributed by atoms with E-state index in [-0.39, 0.29) is 5.56 Å². The van der Waals surface area contributed by atoms with Gasteiger partial charge >= 0.3 is 5.97 Å². The average molecular weight is 410 g/mol. The van der Waals surface area contributed by atoms with Crippen molar-refractivity contribution in [3.63, 3.8) is 0 Å². The van der Waals surface area contributed by atoms with E-state index >= 15 is 0 Å². The maximum absolute atomic E-state index is 11.7. The van der Waals surface area contributed by atoms with Crippen LogP contribution in [0.4, 0.5) is 0 Å². The largest absolute Gasteiger partial charge is 0.489 e. The molecule has 0 aromatic heterocycles. The van der Waals surface area contributed by atoms with Crippen LogP contribution in [0.15, 0.2) is 72.8 Å². The van der Waals surface area contributed by atoms with E-state index in [9.17, 15) is 14.7 Å². The lowest BCUT2D eigenvalue weighted by molar-refractivity contribution is 0.0697. The number of aryl methyl sites for hydroxylation is 2. The van der Waals surface area contributed by atoms with Gasteiger partial charge in [-0.2, -0.15) is 0 Å². The second-order valence-electron chi connectivity index (χ2n) is 7.61. The van der Waals surface area contributed by atoms with Crippen molar-refractivity contribution in [3.05, 3.63) is 101 Å². The van der Waals surface area contributed by atoms with Crippen LogP contribution in [0, 0.1) is 13.8 Å². The highest BCUT2D eigenvalue weighted by Crippen LogP contribution is 2.33. The summed E-state index contributed by atoms with van der Waals surface area (Å²) in [6.45, 7) is 4.57. The molecule has 0 amide bonds. The molecule has 4 heteroatoms. The molecule has 0 bridgehead atoms. The van der Waals surface area contributed by atoms with Gasteiger partial charge < -0.3 is 9.84 Å². The van der Waals surface area contributed by atoms with E-state index in [1.165, 1.54) is 11.1 Å². The van der Waals surface area contributed by atoms with E-state index in [1.54, 1.807) is 24.3 Å². The maximum atomic E-state index is 11.7. The van der Waals surface area contributed by atoms with Crippen molar-refractivity contribution < 1.29 is 19.4 Å². The van der Waals surface area contributed by atoms with E-state index in [1.807, 2.05) is 36.4 Å². The number of carbonyl (C=O) groups excluding carboxylic acids is 1. The van der Waals surface area contributed by atoms with E-state index < -0.39 is 5.97 Å². The molecule has 0 saturated carbocycles. The van der Waals surface area contributed by atoms with Gasteiger partial charge in [-0.05, 0) is 76.7 Å². The van der Waals surface area contributed by atoms with Crippen LogP contribution in [-0.2, 0) is 6.61 Å². The first-order chi connectivity index (χ1) is 15.0. The van der Waals surface area contributed by atoms with E-state index in [2.05, 4.69) is 26.0 Å². The summed E-state index contributed by atoms with van der Waals surface area (Å²) in [6, 6.07) is 22.3. The van der Waals surface area contributed by atoms with Crippen molar-refractivity contribution in [1.29, 1.82) is 0 Å². The molecule has 0 spiro atoms. The molecule has 0 aliphatic carbocycles. The Morgan fingerprint density at radius 3 is 2.29 bits per heavy atom. The van der Waals surface area contributed by atoms with Gasteiger partial charge in [0.2, 0.25) is 0 Å². The Bertz CT molecular complexity index is 1270. The number of carboxylic acid groups (broad SMARTS) is 1. The Hall–Kier alpha value is -3.92. The monoisotopic (exact) mass is 410 g/mol. The normalized spacial score (nSPS) is 10.8. The Kier molecular flexibility index (Phi) is 5.54. The van der Waals surface area contributed by atoms with E-state index in [0.29, 0.717) is 17.9 Å². The molecule has 0 saturated heterocycles. The summed E-state index contributed by atoms with van der Waals surface area (Å²) in [5, 5.41) is 11.3. The van der Waals surface area contributed by atoms with Crippen LogP contribution < -0.4 is 4.74 Å². The highest BCUT2D eigenvalue weighted by Gasteiger charge is 2.12. The zero-order valence-corrected chi connectivity index (χ0v) is 17.4. The highest BCUT2D eigenvalue weighted by atomic mass is 16.5. The van der Waals surface area contributed by atoms with Gasteiger partial charge in [0.15, 0.2) is 0 Å². The first-order valence-corrected chi connectivity index (χ1v) is 10.0. The lowest BCUT2D eigenvalue weighted by Gasteiger charge is -2.14. The molecular formula is C27H22O4. The number of fused-ring (bicyclic) bond motifs is 1. The molecular weight excluding hydrogens is 388 g/mol. The molecule has 0 heterocycles. The number of hydrogen-bond acceptors (Lipinski definition) is 3. The number of rotatable bonds is 6. The average Bonchev–Trinajstić information content (AvgIpc) is 2.78. The third-order valence-corrected chi connectivity index (χ3v) is 5.56. The van der Waals surface area contributed by atoms with E-state index in [0.717, 1.165) is 33.7 Å². The van der Waals surface area contributed by atoms with Gasteiger partial charge in [-0.15, -0.1) is 0 Å². The molecule has 4 aromatic rings. The number of benzene rings is 4. The van der Waals surface area contributed by atoms with E-state index in [4.69, 9.17) is 4.74 Å². The molecule has 0 radical (unpaired) electrons. The van der Waals surface area contributed by atoms with Gasteiger partial charge in [0.25, 0.3) is 0 Å². The summed E-state index contributed by atoms with van der Waals surface area (Å²) >= 11 is 0. The SMILES string of the molecule is Cc1cccc(C)c1COc1ccc2c(-c3ccc(C=O)cc3)cc(C(=O)O)cc2c1. The standard InChI is InChI=1S/C27H22O4/c1-17-4-3-5-18(2)26(17)16-31-23-10-11-24-21(13-23)12-22(27(29)30)14-25(24)20-8-6-19(15-28)7-9-20/h3-15H,16H2,1-2H3,(H,29,30). The molecule has 4 nitrogen and oxygen atoms in total. The van der Waals surface area contributed by atoms with Gasteiger partial charge in [0, 0.05) is 5.56 Å². The summed E-state index contributed by atoms with van der Waals surface area (Å²) in [5.74, 6) is -0.311. The summed E-state index contributed by atoms with van der Waals surface area (Å²) in [6.07, 6.45) is 0.787. The Morgan fingerprint density at radius 1 is 0.935 bits per heavy atom. The molecule has 154 valence electrons. The first kappa shape index (κ1) is 20.4. The lowest BCUT2D eigenvalue weighted by atomic mass is 9.95. The summed E-state index contributed by atoms with van der Waals surface area (Å²) in [7, 11) is 0. The van der Waals surface area contributed by atoms with Crippen LogP contribution in [-0.4, -0.2) is 17.4 Å². The Balaban J connectivity index is 1.74. The zero-order valence-electron chi connectivity index (χ0n) is 17.4. The molecule has 4 aromatic carbocycles. The van der Waals surface area contributed by atoms with Gasteiger partial charge in [0.1, 0.15) is 18.6 Å². The van der Waals surface area contributed by atoms with Crippen molar-refractivity contribution in [1.82, 2.24) is 0 Å². The minimum absolute atomic E-state index is 0.203. The summed E-state index contributed by atoms with van der Waals surface area (Å²) < 4.78 is 6.05. The van der Waals surface area contributed by atoms with Crippen molar-refractivity contribution in [2.75, 3.05) is 0 Å². The van der Waals surface area contributed by atoms with Crippen molar-refractivity contribution >= 4 is 23.0 Å². The lowest BCUT2D eigenvalue weighted by Crippen LogP contribution is -2.01. The fourth-order valence-electron chi connectivity index (χ4n) is 3.77. The third-order valence-electron chi connectivity index (χ3n) is 5.56. The van der Waals surface area contributed by atoms with Gasteiger partial charge in [-0.25, -0.2) is 4.79 Å². The fourth-order valence-corrected chi connectivity index (χ4v) is 3.77. The van der Waals surface area contributed by atoms with Crippen LogP contribution in [0.25, 0.3) is 21.9 Å². The molecule has 0 unspecified atom stereocenters. The molecule has 0 aliphatic rings. The van der Waals surface area contributed by atoms with Crippen LogP contribution in [0.2, 0.25) is 0 Å². The van der Waals surface area contributed by atoms with Crippen molar-refractivity contribution in [2.45, 2.75) is 20.5 Å². The topological polar surface area (TPSA) is 63.6 Å². The number of aldehydes is 1. The summed E-state index contributed by atoms with van der Waals surface area (Å²) in [5.41, 5.74) is 5.93. The molecule has 0 aliphatic heterocycles. The highest BCUT2D eigenvalue weighted by molar-refractivity contribution is 6.03. The third kappa shape index (κ3) is 4.19. The molecule has 0 fully saturated rings. The minimum Gasteiger partial charge on any atom is -0.489 e. The molecule has 31 heavy (non-hydrogen) atoms. The number of carbonyl (C=O) groups is 2. The maximum Gasteiger partial charge on any atom is 0.335 e. The number of aromatic carboxylic acids is 1. The Morgan fingerprint density at radius 2 is 1.65 bits per heavy atom. The van der Waals surface area contributed by atoms with Gasteiger partial charge in [-0.3, -0.25) is 4.79 Å². The quantitative estimate of drug-likeness (QED) is 0.384. The predicted molar refractivity (Wildman–Crippen MR) is 122 cm³/mol. The van der Waals surface area contributed by atoms with Crippen molar-refractivity contribution in [2.24, 2.45) is 0 Å². The number of hydrogen-bond donors (Lipinski definition) is 1. The second kappa shape index (κ2) is 8.44. The van der Waals surface area contributed by atoms with Crippen LogP contribution in [0.5, 0.6) is 5.75 Å². The minimum atomic E-state index is -0.991. The molecule has 4 rings (SSSR count). The zero-order chi connectivity index (χ0) is 22.0. The number of carboxylic acids is 1. The van der Waals surface area contributed by atoms with Crippen LogP contribution in [0.3, 0.4) is 0 Å².